The molecule has 2 nitrogen and oxygen atoms in total. The summed E-state index contributed by atoms with van der Waals surface area (Å²) in [6.45, 7) is 16.1. The minimum Gasteiger partial charge on any atom is -0.459 e. The van der Waals surface area contributed by atoms with Gasteiger partial charge < -0.3 is 4.74 Å². The quantitative estimate of drug-likeness (QED) is 0.227. The first-order chi connectivity index (χ1) is 15.2. The zero-order chi connectivity index (χ0) is 23.1. The highest BCUT2D eigenvalue weighted by Gasteiger charge is 2.59. The van der Waals surface area contributed by atoms with Crippen LogP contribution in [-0.2, 0) is 9.53 Å². The molecule has 180 valence electrons. The van der Waals surface area contributed by atoms with Crippen LogP contribution in [-0.4, -0.2) is 12.1 Å². The average Bonchev–Trinajstić information content (AvgIpc) is 3.11. The Morgan fingerprint density at radius 1 is 1.12 bits per heavy atom. The Kier molecular flexibility index (Phi) is 7.00. The minimum atomic E-state index is -0.263. The Labute approximate surface area is 197 Å². The van der Waals surface area contributed by atoms with Gasteiger partial charge in [-0.05, 0) is 91.3 Å². The first-order valence-electron chi connectivity index (χ1n) is 13.7. The van der Waals surface area contributed by atoms with Gasteiger partial charge in [-0.25, -0.2) is 4.79 Å². The summed E-state index contributed by atoms with van der Waals surface area (Å²) >= 11 is 0. The van der Waals surface area contributed by atoms with Crippen LogP contribution in [0, 0.1) is 46.3 Å². The lowest BCUT2D eigenvalue weighted by molar-refractivity contribution is -0.145. The largest absolute Gasteiger partial charge is 0.459 e. The lowest BCUT2D eigenvalue weighted by Crippen LogP contribution is -2.51. The number of rotatable bonds is 7. The van der Waals surface area contributed by atoms with Crippen molar-refractivity contribution >= 4 is 5.97 Å². The van der Waals surface area contributed by atoms with Crippen molar-refractivity contribution in [2.45, 2.75) is 111 Å². The summed E-state index contributed by atoms with van der Waals surface area (Å²) in [5, 5.41) is 0. The molecule has 0 amide bonds. The third-order valence-electron chi connectivity index (χ3n) is 10.7. The second-order valence-electron chi connectivity index (χ2n) is 12.8. The molecule has 0 unspecified atom stereocenters. The van der Waals surface area contributed by atoms with Crippen LogP contribution in [0.25, 0.3) is 0 Å². The van der Waals surface area contributed by atoms with Gasteiger partial charge in [-0.3, -0.25) is 0 Å². The van der Waals surface area contributed by atoms with Crippen molar-refractivity contribution in [2.75, 3.05) is 0 Å². The predicted octanol–water partition coefficient (Wildman–Crippen LogP) is 8.13. The van der Waals surface area contributed by atoms with Crippen molar-refractivity contribution in [3.8, 4) is 0 Å². The van der Waals surface area contributed by atoms with Crippen LogP contribution < -0.4 is 0 Å². The summed E-state index contributed by atoms with van der Waals surface area (Å²) < 4.78 is 5.65. The van der Waals surface area contributed by atoms with Crippen LogP contribution in [0.5, 0.6) is 0 Å². The Hall–Kier alpha value is -1.05. The fourth-order valence-electron chi connectivity index (χ4n) is 8.97. The number of ether oxygens (including phenoxy) is 1. The maximum atomic E-state index is 11.7. The molecule has 0 bridgehead atoms. The summed E-state index contributed by atoms with van der Waals surface area (Å²) in [7, 11) is 0. The van der Waals surface area contributed by atoms with Gasteiger partial charge in [0.2, 0.25) is 0 Å². The Balaban J connectivity index is 1.46. The fraction of sp³-hybridized carbons (Fsp3) is 0.833. The van der Waals surface area contributed by atoms with Gasteiger partial charge in [-0.15, -0.1) is 0 Å². The van der Waals surface area contributed by atoms with Gasteiger partial charge in [-0.2, -0.15) is 0 Å². The summed E-state index contributed by atoms with van der Waals surface area (Å²) in [5.41, 5.74) is 2.46. The molecule has 0 heterocycles. The van der Waals surface area contributed by atoms with E-state index in [1.165, 1.54) is 63.9 Å². The summed E-state index contributed by atoms with van der Waals surface area (Å²) in [4.78, 5) is 11.7. The van der Waals surface area contributed by atoms with E-state index in [-0.39, 0.29) is 12.1 Å². The molecule has 3 fully saturated rings. The van der Waals surface area contributed by atoms with E-state index in [0.717, 1.165) is 48.3 Å². The van der Waals surface area contributed by atoms with Crippen LogP contribution in [0.4, 0.5) is 0 Å². The average molecular weight is 441 g/mol. The molecule has 0 aromatic rings. The van der Waals surface area contributed by atoms with Crippen molar-refractivity contribution in [3.63, 3.8) is 0 Å². The highest BCUT2D eigenvalue weighted by Crippen LogP contribution is 2.67. The van der Waals surface area contributed by atoms with Gasteiger partial charge >= 0.3 is 5.97 Å². The molecule has 8 atom stereocenters. The molecule has 0 saturated heterocycles. The highest BCUT2D eigenvalue weighted by molar-refractivity contribution is 5.81. The van der Waals surface area contributed by atoms with Gasteiger partial charge in [0.15, 0.2) is 0 Å². The molecule has 4 rings (SSSR count). The third-order valence-corrected chi connectivity index (χ3v) is 10.7. The molecular weight excluding hydrogens is 392 g/mol. The van der Waals surface area contributed by atoms with Gasteiger partial charge in [0.1, 0.15) is 6.10 Å². The van der Waals surface area contributed by atoms with Gasteiger partial charge in [-0.1, -0.05) is 72.1 Å². The maximum absolute atomic E-state index is 11.7. The Morgan fingerprint density at radius 3 is 2.62 bits per heavy atom. The minimum absolute atomic E-state index is 0.0489. The first kappa shape index (κ1) is 24.1. The first-order valence-corrected chi connectivity index (χ1v) is 13.7. The molecule has 0 spiro atoms. The second kappa shape index (κ2) is 9.30. The zero-order valence-corrected chi connectivity index (χ0v) is 21.5. The monoisotopic (exact) mass is 440 g/mol. The number of fused-ring (bicyclic) bond motifs is 5. The predicted molar refractivity (Wildman–Crippen MR) is 133 cm³/mol. The SMILES string of the molecule is C=CC(=O)O[C@H]1CC[C@@]2(C)C(=CC[C@H]3[C@@H]4CC[C@H]([C@H](C)CCCC(C)C)[C@@]4(C)CC[C@@H]32)C1. The van der Waals surface area contributed by atoms with Crippen molar-refractivity contribution in [3.05, 3.63) is 24.3 Å². The van der Waals surface area contributed by atoms with Crippen molar-refractivity contribution in [2.24, 2.45) is 46.3 Å². The molecule has 0 aliphatic heterocycles. The van der Waals surface area contributed by atoms with Crippen LogP contribution in [0.3, 0.4) is 0 Å². The zero-order valence-electron chi connectivity index (χ0n) is 21.5. The van der Waals surface area contributed by atoms with Crippen molar-refractivity contribution < 1.29 is 9.53 Å². The van der Waals surface area contributed by atoms with E-state index < -0.39 is 0 Å². The third kappa shape index (κ3) is 4.25. The van der Waals surface area contributed by atoms with E-state index >= 15 is 0 Å². The molecule has 32 heavy (non-hydrogen) atoms. The van der Waals surface area contributed by atoms with Gasteiger partial charge in [0, 0.05) is 12.5 Å². The van der Waals surface area contributed by atoms with Crippen LogP contribution in [0.2, 0.25) is 0 Å². The summed E-state index contributed by atoms with van der Waals surface area (Å²) in [5.74, 6) is 4.97. The normalized spacial score (nSPS) is 41.8. The summed E-state index contributed by atoms with van der Waals surface area (Å²) in [6.07, 6.45) is 18.3. The smallest absolute Gasteiger partial charge is 0.330 e. The van der Waals surface area contributed by atoms with Crippen LogP contribution >= 0.6 is 0 Å². The molecule has 2 heteroatoms. The van der Waals surface area contributed by atoms with Gasteiger partial charge in [0.25, 0.3) is 0 Å². The number of esters is 1. The molecular formula is C30H48O2. The lowest BCUT2D eigenvalue weighted by atomic mass is 9.47. The molecule has 0 aromatic carbocycles. The molecule has 0 radical (unpaired) electrons. The number of hydrogen-bond acceptors (Lipinski definition) is 2. The van der Waals surface area contributed by atoms with E-state index in [9.17, 15) is 4.79 Å². The van der Waals surface area contributed by atoms with E-state index in [1.807, 2.05) is 0 Å². The second-order valence-corrected chi connectivity index (χ2v) is 12.8. The summed E-state index contributed by atoms with van der Waals surface area (Å²) in [6, 6.07) is 0. The lowest BCUT2D eigenvalue weighted by Gasteiger charge is -2.58. The molecule has 3 saturated carbocycles. The molecule has 4 aliphatic rings. The Bertz CT molecular complexity index is 735. The number of carbonyl (C=O) groups is 1. The molecule has 0 aromatic heterocycles. The van der Waals surface area contributed by atoms with E-state index in [0.29, 0.717) is 10.8 Å². The van der Waals surface area contributed by atoms with Gasteiger partial charge in [0.05, 0.1) is 0 Å². The number of hydrogen-bond donors (Lipinski definition) is 0. The van der Waals surface area contributed by atoms with E-state index in [4.69, 9.17) is 4.74 Å². The topological polar surface area (TPSA) is 26.3 Å². The fourth-order valence-corrected chi connectivity index (χ4v) is 8.97. The van der Waals surface area contributed by atoms with E-state index in [2.05, 4.69) is 47.3 Å². The number of carbonyl (C=O) groups excluding carboxylic acids is 1. The standard InChI is InChI=1S/C30H48O2/c1-7-28(31)32-23-15-17-29(5)22(19-23)11-12-24-26-14-13-25(21(4)10-8-9-20(2)3)30(26,6)18-16-27(24)29/h7,11,20-21,23-27H,1,8-10,12-19H2,2-6H3/t21-,23+,24+,25-,26+,27+,29+,30-/m1/s1. The highest BCUT2D eigenvalue weighted by atomic mass is 16.5. The van der Waals surface area contributed by atoms with Crippen LogP contribution in [0.15, 0.2) is 24.3 Å². The number of allylic oxidation sites excluding steroid dienone is 1. The van der Waals surface area contributed by atoms with Crippen molar-refractivity contribution in [1.29, 1.82) is 0 Å². The van der Waals surface area contributed by atoms with E-state index in [1.54, 1.807) is 5.57 Å². The molecule has 0 N–H and O–H groups in total. The maximum Gasteiger partial charge on any atom is 0.330 e. The Morgan fingerprint density at radius 2 is 1.91 bits per heavy atom. The van der Waals surface area contributed by atoms with Crippen molar-refractivity contribution in [1.82, 2.24) is 0 Å². The molecule has 4 aliphatic carbocycles. The van der Waals surface area contributed by atoms with Crippen LogP contribution in [0.1, 0.15) is 105 Å².